The van der Waals surface area contributed by atoms with E-state index in [2.05, 4.69) is 15.6 Å². The fourth-order valence-corrected chi connectivity index (χ4v) is 3.56. The highest BCUT2D eigenvalue weighted by Crippen LogP contribution is 2.35. The quantitative estimate of drug-likeness (QED) is 0.502. The van der Waals surface area contributed by atoms with Gasteiger partial charge in [0.1, 0.15) is 17.1 Å². The topological polar surface area (TPSA) is 63.2 Å². The minimum Gasteiger partial charge on any atom is -0.497 e. The number of rotatable bonds is 5. The molecule has 1 saturated carbocycles. The van der Waals surface area contributed by atoms with E-state index in [1.165, 1.54) is 7.11 Å². The van der Waals surface area contributed by atoms with Crippen LogP contribution in [0.1, 0.15) is 47.4 Å². The van der Waals surface area contributed by atoms with Crippen LogP contribution < -0.4 is 15.4 Å². The van der Waals surface area contributed by atoms with Crippen molar-refractivity contribution in [3.8, 4) is 5.75 Å². The summed E-state index contributed by atoms with van der Waals surface area (Å²) in [6, 6.07) is 7.31. The zero-order valence-corrected chi connectivity index (χ0v) is 20.0. The van der Waals surface area contributed by atoms with E-state index in [0.29, 0.717) is 49.1 Å². The number of ether oxygens (including phenoxy) is 1. The molecule has 0 aliphatic heterocycles. The third-order valence-electron chi connectivity index (χ3n) is 5.17. The highest BCUT2D eigenvalue weighted by Gasteiger charge is 2.39. The van der Waals surface area contributed by atoms with Crippen LogP contribution in [0, 0.1) is 0 Å². The van der Waals surface area contributed by atoms with E-state index in [1.54, 1.807) is 24.3 Å². The summed E-state index contributed by atoms with van der Waals surface area (Å²) in [6.45, 7) is 0. The number of methoxy groups -OCH3 is 1. The second-order valence-corrected chi connectivity index (χ2v) is 7.52. The normalized spacial score (nSPS) is 18.2. The van der Waals surface area contributed by atoms with Crippen LogP contribution >= 0.6 is 27.0 Å². The number of nitrogens with zero attached hydrogens (tertiary/aromatic N) is 1. The van der Waals surface area contributed by atoms with E-state index in [-0.39, 0.29) is 50.7 Å². The maximum absolute atomic E-state index is 13.0. The highest BCUT2D eigenvalue weighted by molar-refractivity contribution is 7.59. The third kappa shape index (κ3) is 7.90. The summed E-state index contributed by atoms with van der Waals surface area (Å²) in [4.78, 5) is 15.1. The third-order valence-corrected chi connectivity index (χ3v) is 5.17. The van der Waals surface area contributed by atoms with Gasteiger partial charge in [-0.25, -0.2) is 4.98 Å². The van der Waals surface area contributed by atoms with Gasteiger partial charge in [-0.15, -0.1) is 0 Å². The number of anilines is 1. The molecule has 3 rings (SSSR count). The lowest BCUT2D eigenvalue weighted by Gasteiger charge is -2.30. The van der Waals surface area contributed by atoms with Crippen molar-refractivity contribution in [1.29, 1.82) is 0 Å². The van der Waals surface area contributed by atoms with Crippen LogP contribution in [-0.4, -0.2) is 30.1 Å². The smallest absolute Gasteiger partial charge is 0.433 e. The van der Waals surface area contributed by atoms with Crippen LogP contribution in [0.5, 0.6) is 5.75 Å². The summed E-state index contributed by atoms with van der Waals surface area (Å²) in [5.41, 5.74) is -3.06. The van der Waals surface area contributed by atoms with Crippen LogP contribution in [0.15, 0.2) is 36.4 Å². The van der Waals surface area contributed by atoms with Gasteiger partial charge in [-0.1, -0.05) is 6.07 Å². The molecule has 2 N–H and O–H groups in total. The molecule has 34 heavy (non-hydrogen) atoms. The predicted octanol–water partition coefficient (Wildman–Crippen LogP) is 5.51. The van der Waals surface area contributed by atoms with E-state index in [9.17, 15) is 31.1 Å². The molecule has 1 fully saturated rings. The molecule has 0 spiro atoms. The van der Waals surface area contributed by atoms with Gasteiger partial charge >= 0.3 is 12.4 Å². The van der Waals surface area contributed by atoms with Gasteiger partial charge in [0, 0.05) is 23.3 Å². The Morgan fingerprint density at radius 3 is 1.94 bits per heavy atom. The van der Waals surface area contributed by atoms with Gasteiger partial charge in [-0.05, 0) is 56.0 Å². The number of amides is 1. The molecule has 2 aromatic rings. The zero-order chi connectivity index (χ0) is 23.5. The van der Waals surface area contributed by atoms with Crippen molar-refractivity contribution in [3.05, 3.63) is 53.3 Å². The molecule has 1 aromatic carbocycles. The van der Waals surface area contributed by atoms with Crippen molar-refractivity contribution in [2.75, 3.05) is 12.4 Å². The minimum absolute atomic E-state index is 0. The van der Waals surface area contributed by atoms with Gasteiger partial charge in [0.15, 0.2) is 0 Å². The van der Waals surface area contributed by atoms with E-state index in [0.717, 1.165) is 0 Å². The van der Waals surface area contributed by atoms with E-state index in [4.69, 9.17) is 4.74 Å². The first-order chi connectivity index (χ1) is 15.0. The summed E-state index contributed by atoms with van der Waals surface area (Å²) in [6.07, 6.45) is -8.02. The molecule has 1 aliphatic rings. The molecule has 13 heteroatoms. The molecule has 0 saturated heterocycles. The molecular formula is C21H25F6N3O2S2. The Morgan fingerprint density at radius 1 is 0.912 bits per heavy atom. The van der Waals surface area contributed by atoms with Crippen LogP contribution in [0.2, 0.25) is 0 Å². The molecular weight excluding hydrogens is 504 g/mol. The van der Waals surface area contributed by atoms with Crippen molar-refractivity contribution < 1.29 is 35.9 Å². The molecule has 0 bridgehead atoms. The number of aromatic nitrogens is 1. The lowest BCUT2D eigenvalue weighted by Crippen LogP contribution is -2.40. The van der Waals surface area contributed by atoms with Gasteiger partial charge in [-0.3, -0.25) is 4.79 Å². The standard InChI is InChI=1S/C21H21F6N3O2.2H2S/c1-32-16-4-2-3-12(9-16)19(31)29-14-7-5-13(6-8-14)28-15-10-17(20(22,23)24)30-18(11-15)21(25,26)27;;/h2-4,9-11,13-14H,5-8H2,1H3,(H,28,30)(H,29,31);2*1H2. The minimum atomic E-state index is -5.00. The number of halogens is 6. The van der Waals surface area contributed by atoms with Crippen molar-refractivity contribution >= 4 is 38.6 Å². The number of hydrogen-bond acceptors (Lipinski definition) is 4. The maximum Gasteiger partial charge on any atom is 0.433 e. The number of nitrogens with one attached hydrogen (secondary N) is 2. The Kier molecular flexibility index (Phi) is 10.4. The predicted molar refractivity (Wildman–Crippen MR) is 125 cm³/mol. The first-order valence-corrected chi connectivity index (χ1v) is 9.83. The summed E-state index contributed by atoms with van der Waals surface area (Å²) in [7, 11) is 1.49. The van der Waals surface area contributed by atoms with Crippen molar-refractivity contribution in [2.24, 2.45) is 0 Å². The van der Waals surface area contributed by atoms with E-state index < -0.39 is 23.7 Å². The molecule has 0 radical (unpaired) electrons. The summed E-state index contributed by atoms with van der Waals surface area (Å²) < 4.78 is 82.9. The van der Waals surface area contributed by atoms with Gasteiger partial charge in [-0.2, -0.15) is 53.3 Å². The van der Waals surface area contributed by atoms with Crippen LogP contribution in [0.3, 0.4) is 0 Å². The molecule has 1 aliphatic carbocycles. The largest absolute Gasteiger partial charge is 0.497 e. The first kappa shape index (κ1) is 29.8. The van der Waals surface area contributed by atoms with Gasteiger partial charge in [0.05, 0.1) is 7.11 Å². The van der Waals surface area contributed by atoms with Crippen molar-refractivity contribution in [1.82, 2.24) is 10.3 Å². The average Bonchev–Trinajstić information content (AvgIpc) is 2.73. The molecule has 0 unspecified atom stereocenters. The summed E-state index contributed by atoms with van der Waals surface area (Å²) >= 11 is 0. The maximum atomic E-state index is 13.0. The van der Waals surface area contributed by atoms with E-state index >= 15 is 0 Å². The summed E-state index contributed by atoms with van der Waals surface area (Å²) in [5.74, 6) is 0.262. The summed E-state index contributed by atoms with van der Waals surface area (Å²) in [5, 5.41) is 5.66. The van der Waals surface area contributed by atoms with E-state index in [1.807, 2.05) is 0 Å². The molecule has 1 amide bonds. The number of carbonyl (C=O) groups excluding carboxylic acids is 1. The van der Waals surface area contributed by atoms with Crippen LogP contribution in [0.25, 0.3) is 0 Å². The number of alkyl halides is 6. The average molecular weight is 530 g/mol. The first-order valence-electron chi connectivity index (χ1n) is 9.83. The number of hydrogen-bond donors (Lipinski definition) is 2. The number of pyridine rings is 1. The van der Waals surface area contributed by atoms with Crippen molar-refractivity contribution in [3.63, 3.8) is 0 Å². The van der Waals surface area contributed by atoms with Gasteiger partial charge < -0.3 is 15.4 Å². The highest BCUT2D eigenvalue weighted by atomic mass is 32.1. The number of carbonyl (C=O) groups is 1. The fourth-order valence-electron chi connectivity index (χ4n) is 3.56. The molecule has 190 valence electrons. The molecule has 1 heterocycles. The zero-order valence-electron chi connectivity index (χ0n) is 18.0. The monoisotopic (exact) mass is 529 g/mol. The second kappa shape index (κ2) is 11.9. The molecule has 0 atom stereocenters. The lowest BCUT2D eigenvalue weighted by molar-refractivity contribution is -0.150. The SMILES string of the molecule is COc1cccc(C(=O)NC2CCC(Nc3cc(C(F)(F)F)nc(C(F)(F)F)c3)CC2)c1.S.S. The fraction of sp³-hybridized carbons (Fsp3) is 0.429. The Hall–Kier alpha value is -2.28. The Morgan fingerprint density at radius 2 is 1.44 bits per heavy atom. The number of benzene rings is 1. The molecule has 1 aromatic heterocycles. The Balaban J connectivity index is 0.00000289. The van der Waals surface area contributed by atoms with Gasteiger partial charge in [0.2, 0.25) is 0 Å². The Bertz CT molecular complexity index is 932. The molecule has 5 nitrogen and oxygen atoms in total. The van der Waals surface area contributed by atoms with Crippen LogP contribution in [-0.2, 0) is 12.4 Å². The Labute approximate surface area is 206 Å². The van der Waals surface area contributed by atoms with Gasteiger partial charge in [0.25, 0.3) is 5.91 Å². The second-order valence-electron chi connectivity index (χ2n) is 7.52. The lowest BCUT2D eigenvalue weighted by atomic mass is 9.90. The van der Waals surface area contributed by atoms with Crippen molar-refractivity contribution in [2.45, 2.75) is 50.1 Å². The van der Waals surface area contributed by atoms with Crippen LogP contribution in [0.4, 0.5) is 32.0 Å².